The lowest BCUT2D eigenvalue weighted by Crippen LogP contribution is -2.21. The molecule has 10 heteroatoms. The van der Waals surface area contributed by atoms with E-state index >= 15 is 0 Å². The molecule has 0 spiro atoms. The zero-order valence-corrected chi connectivity index (χ0v) is 26.6. The Kier molecular flexibility index (Phi) is 8.44. The number of furan rings is 1. The standard InChI is InChI=1S/C35H26BrClN2O6/c1-3-41-31-14-21(6-13-28(31)42-18-20-4-8-23(37)9-5-20)32-26-12-10-24(16-30(26)45-34(39)27(32)17-38)43-35(40)33-19(2)25-11-7-22(36)15-29(25)44-33/h4-16,32H,3,18,39H2,1-2H3. The number of rotatable bonds is 8. The molecule has 0 aliphatic carbocycles. The molecule has 2 heterocycles. The van der Waals surface area contributed by atoms with Crippen LogP contribution in [0.5, 0.6) is 23.0 Å². The lowest BCUT2D eigenvalue weighted by molar-refractivity contribution is 0.0702. The van der Waals surface area contributed by atoms with Crippen molar-refractivity contribution in [2.45, 2.75) is 26.4 Å². The predicted molar refractivity (Wildman–Crippen MR) is 173 cm³/mol. The molecule has 2 N–H and O–H groups in total. The fourth-order valence-electron chi connectivity index (χ4n) is 5.22. The van der Waals surface area contributed by atoms with Crippen LogP contribution in [0.4, 0.5) is 0 Å². The lowest BCUT2D eigenvalue weighted by atomic mass is 9.83. The number of esters is 1. The van der Waals surface area contributed by atoms with Gasteiger partial charge >= 0.3 is 5.97 Å². The van der Waals surface area contributed by atoms with E-state index in [-0.39, 0.29) is 23.0 Å². The van der Waals surface area contributed by atoms with Gasteiger partial charge in [-0.25, -0.2) is 4.79 Å². The number of nitrogens with two attached hydrogens (primary N) is 1. The van der Waals surface area contributed by atoms with Crippen molar-refractivity contribution in [2.24, 2.45) is 5.73 Å². The summed E-state index contributed by atoms with van der Waals surface area (Å²) in [6.45, 7) is 4.41. The van der Waals surface area contributed by atoms with Crippen molar-refractivity contribution in [3.05, 3.63) is 128 Å². The second-order valence-electron chi connectivity index (χ2n) is 10.3. The van der Waals surface area contributed by atoms with Gasteiger partial charge in [-0.1, -0.05) is 51.8 Å². The SMILES string of the molecule is CCOc1cc(C2C(C#N)=C(N)Oc3cc(OC(=O)c4oc5cc(Br)ccc5c4C)ccc32)ccc1OCc1ccc(Cl)cc1. The third kappa shape index (κ3) is 6.07. The number of benzene rings is 4. The number of allylic oxidation sites excluding steroid dienone is 1. The van der Waals surface area contributed by atoms with Crippen molar-refractivity contribution >= 4 is 44.5 Å². The summed E-state index contributed by atoms with van der Waals surface area (Å²) in [7, 11) is 0. The number of carbonyl (C=O) groups is 1. The average Bonchev–Trinajstić information content (AvgIpc) is 3.35. The van der Waals surface area contributed by atoms with E-state index in [1.165, 1.54) is 0 Å². The Bertz CT molecular complexity index is 2010. The molecular formula is C35H26BrClN2O6. The van der Waals surface area contributed by atoms with Gasteiger partial charge in [0, 0.05) is 32.1 Å². The summed E-state index contributed by atoms with van der Waals surface area (Å²) in [5.74, 6) is 0.500. The molecule has 0 saturated carbocycles. The summed E-state index contributed by atoms with van der Waals surface area (Å²) in [6, 6.07) is 25.6. The molecule has 1 aliphatic heterocycles. The maximum absolute atomic E-state index is 13.1. The fourth-order valence-corrected chi connectivity index (χ4v) is 5.69. The highest BCUT2D eigenvalue weighted by Gasteiger charge is 2.32. The smallest absolute Gasteiger partial charge is 0.379 e. The van der Waals surface area contributed by atoms with Crippen molar-refractivity contribution in [3.8, 4) is 29.1 Å². The maximum Gasteiger partial charge on any atom is 0.379 e. The molecule has 226 valence electrons. The Labute approximate surface area is 272 Å². The zero-order chi connectivity index (χ0) is 31.7. The first kappa shape index (κ1) is 30.1. The Morgan fingerprint density at radius 3 is 2.58 bits per heavy atom. The molecule has 1 aliphatic rings. The topological polar surface area (TPSA) is 117 Å². The minimum Gasteiger partial charge on any atom is -0.490 e. The number of nitrogens with zero attached hydrogens (tertiary/aromatic N) is 1. The summed E-state index contributed by atoms with van der Waals surface area (Å²) >= 11 is 9.42. The van der Waals surface area contributed by atoms with Crippen LogP contribution >= 0.6 is 27.5 Å². The van der Waals surface area contributed by atoms with Gasteiger partial charge in [-0.2, -0.15) is 5.26 Å². The molecule has 6 rings (SSSR count). The first-order valence-corrected chi connectivity index (χ1v) is 15.2. The predicted octanol–water partition coefficient (Wildman–Crippen LogP) is 8.57. The van der Waals surface area contributed by atoms with Gasteiger partial charge in [-0.05, 0) is 73.5 Å². The van der Waals surface area contributed by atoms with E-state index in [0.717, 1.165) is 21.0 Å². The van der Waals surface area contributed by atoms with E-state index in [9.17, 15) is 10.1 Å². The third-order valence-corrected chi connectivity index (χ3v) is 8.14. The molecule has 0 fully saturated rings. The molecule has 4 aromatic carbocycles. The minimum atomic E-state index is -0.649. The number of fused-ring (bicyclic) bond motifs is 2. The van der Waals surface area contributed by atoms with Gasteiger partial charge in [-0.3, -0.25) is 0 Å². The van der Waals surface area contributed by atoms with Gasteiger partial charge < -0.3 is 29.1 Å². The van der Waals surface area contributed by atoms with Crippen LogP contribution in [0.3, 0.4) is 0 Å². The van der Waals surface area contributed by atoms with E-state index in [0.29, 0.717) is 52.2 Å². The Morgan fingerprint density at radius 2 is 1.82 bits per heavy atom. The van der Waals surface area contributed by atoms with Crippen LogP contribution < -0.4 is 24.7 Å². The lowest BCUT2D eigenvalue weighted by Gasteiger charge is -2.27. The van der Waals surface area contributed by atoms with Crippen LogP contribution in [0.15, 0.2) is 99.2 Å². The minimum absolute atomic E-state index is 0.0433. The summed E-state index contributed by atoms with van der Waals surface area (Å²) in [5.41, 5.74) is 10.1. The van der Waals surface area contributed by atoms with Gasteiger partial charge in [0.05, 0.1) is 12.5 Å². The average molecular weight is 686 g/mol. The summed E-state index contributed by atoms with van der Waals surface area (Å²) in [4.78, 5) is 13.1. The van der Waals surface area contributed by atoms with Crippen LogP contribution in [0.1, 0.15) is 45.7 Å². The van der Waals surface area contributed by atoms with Crippen molar-refractivity contribution in [3.63, 3.8) is 0 Å². The summed E-state index contributed by atoms with van der Waals surface area (Å²) in [5, 5.41) is 11.5. The number of nitriles is 1. The molecule has 0 saturated heterocycles. The van der Waals surface area contributed by atoms with E-state index in [1.807, 2.05) is 43.3 Å². The number of carbonyl (C=O) groups excluding carboxylic acids is 1. The fraction of sp³-hybridized carbons (Fsp3) is 0.143. The van der Waals surface area contributed by atoms with E-state index < -0.39 is 11.9 Å². The van der Waals surface area contributed by atoms with E-state index in [4.69, 9.17) is 40.7 Å². The molecule has 0 amide bonds. The summed E-state index contributed by atoms with van der Waals surface area (Å²) in [6.07, 6.45) is 0. The second-order valence-corrected chi connectivity index (χ2v) is 11.6. The normalized spacial score (nSPS) is 14.0. The molecule has 45 heavy (non-hydrogen) atoms. The largest absolute Gasteiger partial charge is 0.490 e. The van der Waals surface area contributed by atoms with Gasteiger partial charge in [-0.15, -0.1) is 0 Å². The zero-order valence-electron chi connectivity index (χ0n) is 24.2. The van der Waals surface area contributed by atoms with Crippen molar-refractivity contribution < 1.29 is 28.2 Å². The molecule has 0 bridgehead atoms. The number of hydrogen-bond acceptors (Lipinski definition) is 8. The van der Waals surface area contributed by atoms with Crippen LogP contribution in [-0.4, -0.2) is 12.6 Å². The Morgan fingerprint density at radius 1 is 1.02 bits per heavy atom. The number of hydrogen-bond donors (Lipinski definition) is 1. The highest BCUT2D eigenvalue weighted by atomic mass is 79.9. The highest BCUT2D eigenvalue weighted by molar-refractivity contribution is 9.10. The maximum atomic E-state index is 13.1. The quantitative estimate of drug-likeness (QED) is 0.128. The van der Waals surface area contributed by atoms with Gasteiger partial charge in [0.25, 0.3) is 0 Å². The summed E-state index contributed by atoms with van der Waals surface area (Å²) < 4.78 is 30.2. The van der Waals surface area contributed by atoms with Crippen LogP contribution in [-0.2, 0) is 6.61 Å². The molecular weight excluding hydrogens is 660 g/mol. The number of ether oxygens (including phenoxy) is 4. The second kappa shape index (κ2) is 12.6. The van der Waals surface area contributed by atoms with Gasteiger partial charge in [0.1, 0.15) is 35.3 Å². The van der Waals surface area contributed by atoms with Crippen LogP contribution in [0, 0.1) is 18.3 Å². The molecule has 5 aromatic rings. The first-order chi connectivity index (χ1) is 21.7. The number of halogens is 2. The molecule has 1 unspecified atom stereocenters. The van der Waals surface area contributed by atoms with E-state index in [1.54, 1.807) is 49.4 Å². The first-order valence-electron chi connectivity index (χ1n) is 14.0. The van der Waals surface area contributed by atoms with Gasteiger partial charge in [0.15, 0.2) is 11.5 Å². The molecule has 1 atom stereocenters. The molecule has 1 aromatic heterocycles. The van der Waals surface area contributed by atoms with E-state index in [2.05, 4.69) is 22.0 Å². The third-order valence-electron chi connectivity index (χ3n) is 7.40. The van der Waals surface area contributed by atoms with Crippen molar-refractivity contribution in [2.75, 3.05) is 6.61 Å². The van der Waals surface area contributed by atoms with Crippen LogP contribution in [0.25, 0.3) is 11.0 Å². The number of aryl methyl sites for hydroxylation is 1. The van der Waals surface area contributed by atoms with Crippen molar-refractivity contribution in [1.29, 1.82) is 5.26 Å². The molecule has 8 nitrogen and oxygen atoms in total. The van der Waals surface area contributed by atoms with Crippen LogP contribution in [0.2, 0.25) is 5.02 Å². The Balaban J connectivity index is 1.29. The molecule has 0 radical (unpaired) electrons. The Hall–Kier alpha value is -4.91. The van der Waals surface area contributed by atoms with Crippen molar-refractivity contribution in [1.82, 2.24) is 0 Å². The van der Waals surface area contributed by atoms with Gasteiger partial charge in [0.2, 0.25) is 11.6 Å². The highest BCUT2D eigenvalue weighted by Crippen LogP contribution is 2.45. The monoisotopic (exact) mass is 684 g/mol.